The number of alkyl halides is 3. The van der Waals surface area contributed by atoms with E-state index in [1.165, 1.54) is 24.3 Å². The zero-order valence-electron chi connectivity index (χ0n) is 11.7. The van der Waals surface area contributed by atoms with Gasteiger partial charge in [-0.05, 0) is 30.7 Å². The molecule has 4 nitrogen and oxygen atoms in total. The Balaban J connectivity index is 2.06. The fraction of sp³-hybridized carbons (Fsp3) is 0.357. The summed E-state index contributed by atoms with van der Waals surface area (Å²) in [6.45, 7) is 1.89. The van der Waals surface area contributed by atoms with Gasteiger partial charge in [-0.1, -0.05) is 12.1 Å². The summed E-state index contributed by atoms with van der Waals surface area (Å²) in [6, 6.07) is 7.21. The van der Waals surface area contributed by atoms with Gasteiger partial charge in [-0.15, -0.1) is 13.2 Å². The van der Waals surface area contributed by atoms with Gasteiger partial charge in [0.25, 0.3) is 0 Å². The van der Waals surface area contributed by atoms with E-state index in [0.29, 0.717) is 6.42 Å². The molecule has 0 aliphatic carbocycles. The molecular formula is C14H16F3N3O. The Bertz CT molecular complexity index is 605. The first kappa shape index (κ1) is 15.4. The van der Waals surface area contributed by atoms with Crippen molar-refractivity contribution in [3.8, 4) is 5.75 Å². The number of hydrogen-bond acceptors (Lipinski definition) is 3. The molecule has 2 N–H and O–H groups in total. The van der Waals surface area contributed by atoms with Crippen LogP contribution >= 0.6 is 0 Å². The van der Waals surface area contributed by atoms with E-state index in [0.717, 1.165) is 17.0 Å². The topological polar surface area (TPSA) is 53.1 Å². The first-order valence-electron chi connectivity index (χ1n) is 6.35. The molecule has 2 aromatic rings. The minimum absolute atomic E-state index is 0.255. The molecule has 21 heavy (non-hydrogen) atoms. The van der Waals surface area contributed by atoms with Crippen molar-refractivity contribution in [1.29, 1.82) is 0 Å². The molecule has 0 aliphatic rings. The van der Waals surface area contributed by atoms with Gasteiger partial charge in [-0.25, -0.2) is 0 Å². The standard InChI is InChI=1S/C14H16F3N3O/c1-9-7-11(20(2)19-9)8-13(18)10-3-5-12(6-4-10)21-14(15,16)17/h3-7,13H,8,18H2,1-2H3. The number of nitrogens with two attached hydrogens (primary N) is 1. The lowest BCUT2D eigenvalue weighted by molar-refractivity contribution is -0.274. The van der Waals surface area contributed by atoms with Crippen LogP contribution in [0.2, 0.25) is 0 Å². The normalized spacial score (nSPS) is 13.2. The summed E-state index contributed by atoms with van der Waals surface area (Å²) < 4.78 is 41.8. The van der Waals surface area contributed by atoms with E-state index in [4.69, 9.17) is 5.73 Å². The maximum Gasteiger partial charge on any atom is 0.573 e. The van der Waals surface area contributed by atoms with E-state index in [9.17, 15) is 13.2 Å². The van der Waals surface area contributed by atoms with Crippen molar-refractivity contribution in [2.75, 3.05) is 0 Å². The van der Waals surface area contributed by atoms with Crippen LogP contribution < -0.4 is 10.5 Å². The molecule has 0 bridgehead atoms. The van der Waals surface area contributed by atoms with E-state index in [-0.39, 0.29) is 11.8 Å². The summed E-state index contributed by atoms with van der Waals surface area (Å²) in [5.74, 6) is -0.255. The van der Waals surface area contributed by atoms with Crippen LogP contribution in [-0.2, 0) is 13.5 Å². The third kappa shape index (κ3) is 4.22. The predicted molar refractivity (Wildman–Crippen MR) is 71.7 cm³/mol. The molecule has 0 radical (unpaired) electrons. The van der Waals surface area contributed by atoms with Crippen LogP contribution in [0.3, 0.4) is 0 Å². The van der Waals surface area contributed by atoms with Gasteiger partial charge in [0.2, 0.25) is 0 Å². The Morgan fingerprint density at radius 2 is 1.90 bits per heavy atom. The van der Waals surface area contributed by atoms with Crippen molar-refractivity contribution in [2.45, 2.75) is 25.7 Å². The second kappa shape index (κ2) is 5.77. The van der Waals surface area contributed by atoms with Gasteiger partial charge in [0, 0.05) is 25.2 Å². The SMILES string of the molecule is Cc1cc(CC(N)c2ccc(OC(F)(F)F)cc2)n(C)n1. The van der Waals surface area contributed by atoms with Crippen LogP contribution in [0.25, 0.3) is 0 Å². The fourth-order valence-corrected chi connectivity index (χ4v) is 2.12. The van der Waals surface area contributed by atoms with Gasteiger partial charge in [0.05, 0.1) is 5.69 Å². The molecule has 0 spiro atoms. The summed E-state index contributed by atoms with van der Waals surface area (Å²) in [5, 5.41) is 4.23. The molecule has 0 saturated heterocycles. The van der Waals surface area contributed by atoms with Crippen LogP contribution in [-0.4, -0.2) is 16.1 Å². The number of rotatable bonds is 4. The Morgan fingerprint density at radius 3 is 2.38 bits per heavy atom. The zero-order chi connectivity index (χ0) is 15.6. The van der Waals surface area contributed by atoms with Crippen LogP contribution in [0.4, 0.5) is 13.2 Å². The van der Waals surface area contributed by atoms with Crippen molar-refractivity contribution < 1.29 is 17.9 Å². The van der Waals surface area contributed by atoms with E-state index >= 15 is 0 Å². The number of aromatic nitrogens is 2. The predicted octanol–water partition coefficient (Wildman–Crippen LogP) is 2.87. The average Bonchev–Trinajstić information content (AvgIpc) is 2.66. The molecule has 1 heterocycles. The quantitative estimate of drug-likeness (QED) is 0.944. The van der Waals surface area contributed by atoms with E-state index in [2.05, 4.69) is 9.84 Å². The number of aryl methyl sites for hydroxylation is 2. The molecular weight excluding hydrogens is 283 g/mol. The second-order valence-corrected chi connectivity index (χ2v) is 4.83. The highest BCUT2D eigenvalue weighted by Crippen LogP contribution is 2.24. The first-order valence-corrected chi connectivity index (χ1v) is 6.35. The molecule has 114 valence electrons. The Morgan fingerprint density at radius 1 is 1.29 bits per heavy atom. The fourth-order valence-electron chi connectivity index (χ4n) is 2.12. The lowest BCUT2D eigenvalue weighted by Gasteiger charge is -2.13. The molecule has 1 unspecified atom stereocenters. The first-order chi connectivity index (χ1) is 9.74. The number of hydrogen-bond donors (Lipinski definition) is 1. The van der Waals surface area contributed by atoms with Crippen LogP contribution in [0.15, 0.2) is 30.3 Å². The van der Waals surface area contributed by atoms with Gasteiger partial charge in [0.1, 0.15) is 5.75 Å². The molecule has 1 atom stereocenters. The molecule has 2 rings (SSSR count). The van der Waals surface area contributed by atoms with Gasteiger partial charge in [0.15, 0.2) is 0 Å². The smallest absolute Gasteiger partial charge is 0.406 e. The number of halogens is 3. The second-order valence-electron chi connectivity index (χ2n) is 4.83. The lowest BCUT2D eigenvalue weighted by Crippen LogP contribution is -2.18. The van der Waals surface area contributed by atoms with Gasteiger partial charge in [-0.2, -0.15) is 5.10 Å². The summed E-state index contributed by atoms with van der Waals surface area (Å²) in [6.07, 6.45) is -4.13. The third-order valence-electron chi connectivity index (χ3n) is 3.07. The van der Waals surface area contributed by atoms with Gasteiger partial charge < -0.3 is 10.5 Å². The largest absolute Gasteiger partial charge is 0.573 e. The molecule has 1 aromatic carbocycles. The minimum Gasteiger partial charge on any atom is -0.406 e. The number of ether oxygens (including phenoxy) is 1. The monoisotopic (exact) mass is 299 g/mol. The van der Waals surface area contributed by atoms with Crippen molar-refractivity contribution in [2.24, 2.45) is 12.8 Å². The average molecular weight is 299 g/mol. The number of nitrogens with zero attached hydrogens (tertiary/aromatic N) is 2. The molecule has 0 saturated carbocycles. The van der Waals surface area contributed by atoms with Gasteiger partial charge >= 0.3 is 6.36 Å². The lowest BCUT2D eigenvalue weighted by atomic mass is 10.0. The molecule has 7 heteroatoms. The van der Waals surface area contributed by atoms with Crippen LogP contribution in [0.5, 0.6) is 5.75 Å². The van der Waals surface area contributed by atoms with Crippen molar-refractivity contribution in [3.05, 3.63) is 47.3 Å². The molecule has 0 amide bonds. The summed E-state index contributed by atoms with van der Waals surface area (Å²) in [7, 11) is 1.83. The molecule has 0 aliphatic heterocycles. The van der Waals surface area contributed by atoms with Crippen molar-refractivity contribution in [3.63, 3.8) is 0 Å². The van der Waals surface area contributed by atoms with E-state index < -0.39 is 6.36 Å². The molecule has 0 fully saturated rings. The highest BCUT2D eigenvalue weighted by Gasteiger charge is 2.31. The van der Waals surface area contributed by atoms with Crippen molar-refractivity contribution >= 4 is 0 Å². The van der Waals surface area contributed by atoms with Gasteiger partial charge in [-0.3, -0.25) is 4.68 Å². The zero-order valence-corrected chi connectivity index (χ0v) is 11.7. The van der Waals surface area contributed by atoms with Crippen molar-refractivity contribution in [1.82, 2.24) is 9.78 Å². The Hall–Kier alpha value is -2.02. The third-order valence-corrected chi connectivity index (χ3v) is 3.07. The summed E-state index contributed by atoms with van der Waals surface area (Å²) in [5.41, 5.74) is 8.68. The minimum atomic E-state index is -4.68. The van der Waals surface area contributed by atoms with E-state index in [1.54, 1.807) is 4.68 Å². The Labute approximate surface area is 120 Å². The number of benzene rings is 1. The highest BCUT2D eigenvalue weighted by molar-refractivity contribution is 5.30. The Kier molecular flexibility index (Phi) is 4.22. The van der Waals surface area contributed by atoms with Crippen LogP contribution in [0.1, 0.15) is 23.0 Å². The maximum atomic E-state index is 12.1. The highest BCUT2D eigenvalue weighted by atomic mass is 19.4. The maximum absolute atomic E-state index is 12.1. The molecule has 1 aromatic heterocycles. The summed E-state index contributed by atoms with van der Waals surface area (Å²) in [4.78, 5) is 0. The van der Waals surface area contributed by atoms with E-state index in [1.807, 2.05) is 20.0 Å². The van der Waals surface area contributed by atoms with Crippen LogP contribution in [0, 0.1) is 6.92 Å². The summed E-state index contributed by atoms with van der Waals surface area (Å²) >= 11 is 0.